The van der Waals surface area contributed by atoms with E-state index in [-0.39, 0.29) is 41.2 Å². The van der Waals surface area contributed by atoms with Crippen molar-refractivity contribution in [3.8, 4) is 11.5 Å². The molecule has 2 aliphatic heterocycles. The summed E-state index contributed by atoms with van der Waals surface area (Å²) in [7, 11) is 1.84. The molecule has 2 saturated carbocycles. The molecule has 4 heterocycles. The van der Waals surface area contributed by atoms with Crippen molar-refractivity contribution < 1.29 is 41.8 Å². The third kappa shape index (κ3) is 12.2. The van der Waals surface area contributed by atoms with Gasteiger partial charge in [0, 0.05) is 63.1 Å². The number of ether oxygens (including phenoxy) is 2. The van der Waals surface area contributed by atoms with E-state index >= 15 is 0 Å². The molecule has 3 fully saturated rings. The van der Waals surface area contributed by atoms with Crippen LogP contribution in [0.5, 0.6) is 0 Å². The Morgan fingerprint density at radius 2 is 1.65 bits per heavy atom. The van der Waals surface area contributed by atoms with Crippen LogP contribution in [0.3, 0.4) is 0 Å². The molecule has 2 N–H and O–H groups in total. The molecular weight excluding hydrogens is 779 g/mol. The Labute approximate surface area is 351 Å². The van der Waals surface area contributed by atoms with E-state index in [4.69, 9.17) is 13.9 Å². The smallest absolute Gasteiger partial charge is 0.416 e. The maximum atomic E-state index is 14.3. The highest BCUT2D eigenvalue weighted by Gasteiger charge is 2.38. The van der Waals surface area contributed by atoms with Gasteiger partial charge in [-0.2, -0.15) is 0 Å². The van der Waals surface area contributed by atoms with Gasteiger partial charge in [0.05, 0.1) is 5.70 Å². The van der Waals surface area contributed by atoms with Crippen molar-refractivity contribution in [1.82, 2.24) is 35.5 Å². The number of alkyl halides is 2. The maximum absolute atomic E-state index is 14.3. The van der Waals surface area contributed by atoms with Crippen LogP contribution < -0.4 is 15.6 Å². The van der Waals surface area contributed by atoms with E-state index in [1.165, 1.54) is 17.3 Å². The van der Waals surface area contributed by atoms with Crippen LogP contribution in [-0.2, 0) is 14.3 Å². The van der Waals surface area contributed by atoms with Crippen molar-refractivity contribution in [1.29, 1.82) is 0 Å². The van der Waals surface area contributed by atoms with Crippen LogP contribution in [-0.4, -0.2) is 112 Å². The molecule has 0 aromatic carbocycles. The molecule has 2 aromatic rings. The fourth-order valence-corrected chi connectivity index (χ4v) is 7.92. The number of hydrazine groups is 1. The highest BCUT2D eigenvalue weighted by Crippen LogP contribution is 2.34. The Balaban J connectivity index is 0.978. The zero-order valence-electron chi connectivity index (χ0n) is 36.0. The lowest BCUT2D eigenvalue weighted by molar-refractivity contribution is -0.135. The molecule has 0 spiro atoms. The summed E-state index contributed by atoms with van der Waals surface area (Å²) in [6.45, 7) is 13.5. The number of oxazole rings is 1. The summed E-state index contributed by atoms with van der Waals surface area (Å²) in [5.74, 6) is 0.557. The Kier molecular flexibility index (Phi) is 14.1. The summed E-state index contributed by atoms with van der Waals surface area (Å²) in [4.78, 5) is 66.0. The average molecular weight is 841 g/mol. The highest BCUT2D eigenvalue weighted by atomic mass is 19.3. The van der Waals surface area contributed by atoms with E-state index in [1.807, 2.05) is 32.7 Å². The second-order valence-electron chi connectivity index (χ2n) is 18.7. The third-order valence-electron chi connectivity index (χ3n) is 11.4. The molecule has 2 aliphatic carbocycles. The van der Waals surface area contributed by atoms with Gasteiger partial charge in [0.15, 0.2) is 5.69 Å². The number of carbonyl (C=O) groups excluding carboxylic acids is 4. The summed E-state index contributed by atoms with van der Waals surface area (Å²) in [5, 5.41) is 4.24. The van der Waals surface area contributed by atoms with Gasteiger partial charge in [0.1, 0.15) is 29.3 Å². The van der Waals surface area contributed by atoms with Crippen LogP contribution in [0.25, 0.3) is 11.5 Å². The summed E-state index contributed by atoms with van der Waals surface area (Å²) in [6.07, 6.45) is 8.82. The number of aromatic nitrogens is 2. The fourth-order valence-electron chi connectivity index (χ4n) is 7.92. The number of piperidine rings is 1. The van der Waals surface area contributed by atoms with Gasteiger partial charge in [-0.1, -0.05) is 0 Å². The Morgan fingerprint density at radius 1 is 0.967 bits per heavy atom. The molecule has 0 bridgehead atoms. The molecule has 4 amide bonds. The molecule has 6 rings (SSSR count). The average Bonchev–Trinajstić information content (AvgIpc) is 3.69. The molecule has 17 heteroatoms. The number of anilines is 1. The highest BCUT2D eigenvalue weighted by molar-refractivity contribution is 5.94. The van der Waals surface area contributed by atoms with Gasteiger partial charge in [0.25, 0.3) is 12.3 Å². The molecule has 1 saturated heterocycles. The minimum atomic E-state index is -2.81. The van der Waals surface area contributed by atoms with E-state index in [0.29, 0.717) is 75.1 Å². The van der Waals surface area contributed by atoms with Gasteiger partial charge < -0.3 is 34.0 Å². The van der Waals surface area contributed by atoms with Crippen molar-refractivity contribution in [2.24, 2.45) is 17.8 Å². The Morgan fingerprint density at radius 3 is 2.28 bits per heavy atom. The lowest BCUT2D eigenvalue weighted by Gasteiger charge is -2.36. The number of nitrogens with one attached hydrogen (secondary N) is 2. The van der Waals surface area contributed by atoms with E-state index in [1.54, 1.807) is 42.8 Å². The number of carbonyl (C=O) groups is 4. The summed E-state index contributed by atoms with van der Waals surface area (Å²) in [6, 6.07) is 1.69. The topological polar surface area (TPSA) is 163 Å². The second-order valence-corrected chi connectivity index (χ2v) is 18.7. The number of nitrogens with zero attached hydrogens (tertiary/aromatic N) is 6. The van der Waals surface area contributed by atoms with E-state index < -0.39 is 35.7 Å². The van der Waals surface area contributed by atoms with Gasteiger partial charge in [-0.05, 0) is 130 Å². The van der Waals surface area contributed by atoms with Crippen LogP contribution in [0.2, 0.25) is 0 Å². The number of rotatable bonds is 13. The van der Waals surface area contributed by atoms with Crippen LogP contribution >= 0.6 is 0 Å². The normalized spacial score (nSPS) is 21.4. The molecule has 4 aliphatic rings. The molecule has 15 nitrogen and oxygen atoms in total. The molecule has 2 aromatic heterocycles. The second kappa shape index (κ2) is 18.9. The molecule has 0 radical (unpaired) electrons. The van der Waals surface area contributed by atoms with Crippen LogP contribution in [0, 0.1) is 17.8 Å². The van der Waals surface area contributed by atoms with E-state index in [2.05, 4.69) is 20.7 Å². The standard InChI is InChI=1S/C43H62F2N8O7/c1-42(2,3)59-40(56)51-21-17-27(18-22-51)9-8-20-50(7)39(55)29-12-14-31(15-13-29)53-25-32(35(49-53)36(44)45)47-37(54)33-26-58-38(48-33)30-16-19-46-34(23-30)52(24-28-10-11-28)41(57)60-43(4,5)6/h16,19,23,25-29,31,35-36,49H,8-15,17-18,20-22,24H2,1-7H3,(H,47,54)/t29-,31-,35?. The fraction of sp³-hybridized carbons (Fsp3) is 0.674. The van der Waals surface area contributed by atoms with Crippen molar-refractivity contribution in [3.63, 3.8) is 0 Å². The van der Waals surface area contributed by atoms with Gasteiger partial charge in [0.2, 0.25) is 11.8 Å². The van der Waals surface area contributed by atoms with E-state index in [0.717, 1.165) is 44.8 Å². The number of likely N-dealkylation sites (tertiary alicyclic amines) is 1. The van der Waals surface area contributed by atoms with Crippen molar-refractivity contribution in [2.75, 3.05) is 38.1 Å². The van der Waals surface area contributed by atoms with Gasteiger partial charge >= 0.3 is 12.2 Å². The first-order chi connectivity index (χ1) is 28.3. The monoisotopic (exact) mass is 840 g/mol. The van der Waals surface area contributed by atoms with Crippen molar-refractivity contribution >= 4 is 29.8 Å². The quantitative estimate of drug-likeness (QED) is 0.207. The lowest BCUT2D eigenvalue weighted by atomic mass is 9.85. The first kappa shape index (κ1) is 44.7. The van der Waals surface area contributed by atoms with Crippen LogP contribution in [0.1, 0.15) is 116 Å². The zero-order chi connectivity index (χ0) is 43.4. The summed E-state index contributed by atoms with van der Waals surface area (Å²) < 4.78 is 45.4. The Bertz CT molecular complexity index is 1860. The van der Waals surface area contributed by atoms with Gasteiger partial charge in [-0.3, -0.25) is 14.5 Å². The minimum Gasteiger partial charge on any atom is -0.444 e. The maximum Gasteiger partial charge on any atom is 0.416 e. The van der Waals surface area contributed by atoms with Gasteiger partial charge in [-0.25, -0.2) is 33.8 Å². The Hall–Kier alpha value is -4.80. The summed E-state index contributed by atoms with van der Waals surface area (Å²) in [5.41, 5.74) is 2.02. The van der Waals surface area contributed by atoms with Crippen molar-refractivity contribution in [2.45, 2.75) is 135 Å². The SMILES string of the molecule is CN(CCCC1CCN(C(=O)OC(C)(C)C)CC1)C(=O)[C@H]1CC[C@H](N2C=C(NC(=O)c3coc(-c4ccnc(N(CC5CC5)C(=O)OC(C)(C)C)c4)n3)C(C(F)F)N2)CC1. The predicted molar refractivity (Wildman–Crippen MR) is 220 cm³/mol. The number of hydrogen-bond donors (Lipinski definition) is 2. The zero-order valence-corrected chi connectivity index (χ0v) is 36.0. The molecule has 1 unspecified atom stereocenters. The van der Waals surface area contributed by atoms with Gasteiger partial charge in [-0.15, -0.1) is 0 Å². The first-order valence-electron chi connectivity index (χ1n) is 21.3. The van der Waals surface area contributed by atoms with Crippen LogP contribution in [0.15, 0.2) is 40.9 Å². The third-order valence-corrected chi connectivity index (χ3v) is 11.4. The number of amides is 4. The van der Waals surface area contributed by atoms with Crippen LogP contribution in [0.4, 0.5) is 24.2 Å². The molecule has 330 valence electrons. The predicted octanol–water partition coefficient (Wildman–Crippen LogP) is 7.36. The molecule has 1 atom stereocenters. The molecule has 60 heavy (non-hydrogen) atoms. The minimum absolute atomic E-state index is 0.00673. The first-order valence-corrected chi connectivity index (χ1v) is 21.3. The lowest BCUT2D eigenvalue weighted by Crippen LogP contribution is -2.48. The molecular formula is C43H62F2N8O7. The number of pyridine rings is 1. The van der Waals surface area contributed by atoms with E-state index in [9.17, 15) is 28.0 Å². The summed E-state index contributed by atoms with van der Waals surface area (Å²) >= 11 is 0. The largest absolute Gasteiger partial charge is 0.444 e. The number of hydrogen-bond acceptors (Lipinski definition) is 11. The number of halogens is 2. The van der Waals surface area contributed by atoms with Crippen molar-refractivity contribution in [3.05, 3.63) is 42.2 Å².